The number of rotatable bonds is 11. The van der Waals surface area contributed by atoms with Gasteiger partial charge in [-0.15, -0.1) is 11.3 Å². The second-order valence-electron chi connectivity index (χ2n) is 15.7. The molecule has 4 fully saturated rings. The Balaban J connectivity index is 1.06. The topological polar surface area (TPSA) is 77.5 Å². The third kappa shape index (κ3) is 8.82. The Labute approximate surface area is 304 Å². The summed E-state index contributed by atoms with van der Waals surface area (Å²) in [6, 6.07) is 15.4. The van der Waals surface area contributed by atoms with E-state index in [-0.39, 0.29) is 29.9 Å². The standard InChI is InChI=1S/C41H59N5O3S/c1-30-39(32-12-5-2-6-13-32)49-41(42-30)45-25-26-46(37(29-45)38(47)20-19-35-18-11-27-50-35)40(48)36(43-33-14-7-3-8-15-33)28-31-21-23-44(24-22-31)34-16-9-4-10-17-34/h2,5-6,11-13,18,27,30-31,33-34,36-37,39,43H,3-4,7-10,14-17,19-26,28-29H2,1H3/t30-,36+,37-,39+/m0/s1. The van der Waals surface area contributed by atoms with Crippen molar-refractivity contribution in [2.75, 3.05) is 32.7 Å². The maximum Gasteiger partial charge on any atom is 0.288 e. The Morgan fingerprint density at radius 1 is 0.900 bits per heavy atom. The Kier molecular flexibility index (Phi) is 12.2. The van der Waals surface area contributed by atoms with Gasteiger partial charge in [-0.05, 0) is 94.3 Å². The van der Waals surface area contributed by atoms with Crippen molar-refractivity contribution in [2.45, 2.75) is 140 Å². The minimum absolute atomic E-state index is 0.0198. The molecule has 9 heteroatoms. The number of hydrogen-bond donors (Lipinski definition) is 1. The fraction of sp³-hybridized carbons (Fsp3) is 0.683. The van der Waals surface area contributed by atoms with Gasteiger partial charge in [0.15, 0.2) is 5.78 Å². The van der Waals surface area contributed by atoms with Gasteiger partial charge in [-0.3, -0.25) is 9.59 Å². The molecule has 4 atom stereocenters. The van der Waals surface area contributed by atoms with Crippen LogP contribution in [0.2, 0.25) is 0 Å². The van der Waals surface area contributed by atoms with E-state index in [4.69, 9.17) is 9.73 Å². The number of aliphatic imine (C=N–C) groups is 1. The van der Waals surface area contributed by atoms with Gasteiger partial charge in [0, 0.05) is 43.0 Å². The van der Waals surface area contributed by atoms with Gasteiger partial charge in [0.25, 0.3) is 6.02 Å². The van der Waals surface area contributed by atoms with Gasteiger partial charge in [0.2, 0.25) is 5.91 Å². The Morgan fingerprint density at radius 2 is 1.64 bits per heavy atom. The van der Waals surface area contributed by atoms with Crippen molar-refractivity contribution in [2.24, 2.45) is 10.9 Å². The van der Waals surface area contributed by atoms with Gasteiger partial charge < -0.3 is 24.8 Å². The molecule has 50 heavy (non-hydrogen) atoms. The molecule has 1 aromatic heterocycles. The number of carbonyl (C=O) groups is 2. The molecule has 2 aromatic rings. The summed E-state index contributed by atoms with van der Waals surface area (Å²) in [5, 5.41) is 5.98. The van der Waals surface area contributed by atoms with Crippen LogP contribution in [0.5, 0.6) is 0 Å². The molecule has 7 rings (SSSR count). The fourth-order valence-electron chi connectivity index (χ4n) is 9.32. The summed E-state index contributed by atoms with van der Waals surface area (Å²) in [5.41, 5.74) is 1.11. The molecule has 0 bridgehead atoms. The van der Waals surface area contributed by atoms with Crippen LogP contribution in [0, 0.1) is 5.92 Å². The van der Waals surface area contributed by atoms with Gasteiger partial charge in [-0.25, -0.2) is 4.99 Å². The van der Waals surface area contributed by atoms with Gasteiger partial charge >= 0.3 is 0 Å². The number of likely N-dealkylation sites (tertiary alicyclic amines) is 1. The van der Waals surface area contributed by atoms with E-state index < -0.39 is 6.04 Å². The van der Waals surface area contributed by atoms with E-state index in [1.165, 1.54) is 69.1 Å². The minimum Gasteiger partial charge on any atom is -0.455 e. The van der Waals surface area contributed by atoms with Crippen LogP contribution in [0.1, 0.15) is 113 Å². The average molecular weight is 702 g/mol. The molecule has 272 valence electrons. The number of amidine groups is 1. The Bertz CT molecular complexity index is 1400. The van der Waals surface area contributed by atoms with E-state index in [9.17, 15) is 9.59 Å². The van der Waals surface area contributed by atoms with E-state index in [1.807, 2.05) is 29.2 Å². The predicted octanol–water partition coefficient (Wildman–Crippen LogP) is 7.00. The van der Waals surface area contributed by atoms with Crippen molar-refractivity contribution >= 4 is 29.0 Å². The number of hydrogen-bond acceptors (Lipinski definition) is 8. The summed E-state index contributed by atoms with van der Waals surface area (Å²) in [4.78, 5) is 42.0. The van der Waals surface area contributed by atoms with Gasteiger partial charge in [-0.2, -0.15) is 0 Å². The number of Topliss-reactive ketones (excluding diaryl/α,β-unsaturated/α-hetero) is 1. The molecule has 2 aliphatic carbocycles. The molecule has 3 aliphatic heterocycles. The number of thiophene rings is 1. The van der Waals surface area contributed by atoms with Crippen LogP contribution in [-0.4, -0.2) is 95.3 Å². The number of ether oxygens (including phenoxy) is 1. The van der Waals surface area contributed by atoms with Crippen LogP contribution in [0.15, 0.2) is 52.8 Å². The molecule has 4 heterocycles. The monoisotopic (exact) mass is 701 g/mol. The lowest BCUT2D eigenvalue weighted by Gasteiger charge is -2.44. The van der Waals surface area contributed by atoms with Crippen LogP contribution in [0.3, 0.4) is 0 Å². The maximum absolute atomic E-state index is 14.8. The largest absolute Gasteiger partial charge is 0.455 e. The van der Waals surface area contributed by atoms with Crippen molar-refractivity contribution in [3.05, 3.63) is 58.3 Å². The lowest BCUT2D eigenvalue weighted by atomic mass is 9.86. The highest BCUT2D eigenvalue weighted by atomic mass is 32.1. The molecule has 0 unspecified atom stereocenters. The number of aryl methyl sites for hydroxylation is 1. The number of nitrogens with zero attached hydrogens (tertiary/aromatic N) is 4. The molecule has 0 radical (unpaired) electrons. The number of piperazine rings is 1. The number of carbonyl (C=O) groups excluding carboxylic acids is 2. The predicted molar refractivity (Wildman–Crippen MR) is 201 cm³/mol. The third-order valence-corrected chi connectivity index (χ3v) is 13.2. The van der Waals surface area contributed by atoms with Crippen molar-refractivity contribution in [3.63, 3.8) is 0 Å². The van der Waals surface area contributed by atoms with E-state index in [0.29, 0.717) is 50.5 Å². The molecular formula is C41H59N5O3S. The zero-order chi connectivity index (χ0) is 34.3. The molecular weight excluding hydrogens is 643 g/mol. The second kappa shape index (κ2) is 17.2. The molecule has 1 N–H and O–H groups in total. The SMILES string of the molecule is C[C@@H]1N=C(N2CCN(C(=O)[C@@H](CC3CCN(C4CCCCC4)CC3)NC3CCCCC3)[C@H](C(=O)CCc3cccs3)C2)O[C@H]1c1ccccc1. The Morgan fingerprint density at radius 3 is 2.36 bits per heavy atom. The molecule has 0 spiro atoms. The summed E-state index contributed by atoms with van der Waals surface area (Å²) in [5.74, 6) is 0.802. The van der Waals surface area contributed by atoms with Gasteiger partial charge in [0.05, 0.1) is 12.1 Å². The number of nitrogens with one attached hydrogen (secondary N) is 1. The number of benzene rings is 1. The van der Waals surface area contributed by atoms with Crippen LogP contribution in [0.25, 0.3) is 0 Å². The normalized spacial score (nSPS) is 26.8. The molecule has 5 aliphatic rings. The quantitative estimate of drug-likeness (QED) is 0.272. The second-order valence-corrected chi connectivity index (χ2v) is 16.7. The lowest BCUT2D eigenvalue weighted by Crippen LogP contribution is -2.63. The van der Waals surface area contributed by atoms with Crippen LogP contribution in [0.4, 0.5) is 0 Å². The van der Waals surface area contributed by atoms with Crippen molar-refractivity contribution in [1.29, 1.82) is 0 Å². The zero-order valence-electron chi connectivity index (χ0n) is 30.2. The highest BCUT2D eigenvalue weighted by molar-refractivity contribution is 7.09. The first kappa shape index (κ1) is 35.6. The van der Waals surface area contributed by atoms with Crippen LogP contribution in [-0.2, 0) is 20.7 Å². The number of piperidine rings is 1. The summed E-state index contributed by atoms with van der Waals surface area (Å²) in [6.07, 6.45) is 17.1. The molecule has 8 nitrogen and oxygen atoms in total. The Hall–Kier alpha value is -2.75. The minimum atomic E-state index is -0.516. The van der Waals surface area contributed by atoms with E-state index in [0.717, 1.165) is 44.0 Å². The molecule has 1 aromatic carbocycles. The zero-order valence-corrected chi connectivity index (χ0v) is 31.0. The first-order valence-electron chi connectivity index (χ1n) is 19.9. The van der Waals surface area contributed by atoms with E-state index in [1.54, 1.807) is 11.3 Å². The maximum atomic E-state index is 14.8. The fourth-order valence-corrected chi connectivity index (χ4v) is 10.0. The summed E-state index contributed by atoms with van der Waals surface area (Å²) >= 11 is 1.69. The number of amides is 1. The summed E-state index contributed by atoms with van der Waals surface area (Å²) < 4.78 is 6.49. The highest BCUT2D eigenvalue weighted by Crippen LogP contribution is 2.33. The van der Waals surface area contributed by atoms with Crippen molar-refractivity contribution in [1.82, 2.24) is 20.0 Å². The van der Waals surface area contributed by atoms with Gasteiger partial charge in [-0.1, -0.05) is 74.9 Å². The average Bonchev–Trinajstić information content (AvgIpc) is 3.84. The van der Waals surface area contributed by atoms with E-state index >= 15 is 0 Å². The lowest BCUT2D eigenvalue weighted by molar-refractivity contribution is -0.144. The highest BCUT2D eigenvalue weighted by Gasteiger charge is 2.42. The molecule has 1 amide bonds. The van der Waals surface area contributed by atoms with Crippen molar-refractivity contribution < 1.29 is 14.3 Å². The first-order valence-corrected chi connectivity index (χ1v) is 20.8. The molecule has 2 saturated carbocycles. The first-order chi connectivity index (χ1) is 24.5. The van der Waals surface area contributed by atoms with Gasteiger partial charge in [0.1, 0.15) is 12.1 Å². The summed E-state index contributed by atoms with van der Waals surface area (Å²) in [7, 11) is 0. The van der Waals surface area contributed by atoms with Crippen LogP contribution >= 0.6 is 11.3 Å². The summed E-state index contributed by atoms with van der Waals surface area (Å²) in [6.45, 7) is 5.96. The van der Waals surface area contributed by atoms with E-state index in [2.05, 4.69) is 45.6 Å². The van der Waals surface area contributed by atoms with Crippen molar-refractivity contribution in [3.8, 4) is 0 Å². The van der Waals surface area contributed by atoms with Crippen LogP contribution < -0.4 is 5.32 Å². The molecule has 2 saturated heterocycles. The number of ketones is 1. The third-order valence-electron chi connectivity index (χ3n) is 12.3. The smallest absolute Gasteiger partial charge is 0.288 e.